The van der Waals surface area contributed by atoms with E-state index in [0.717, 1.165) is 22.9 Å². The Hall–Kier alpha value is -4.46. The first-order chi connectivity index (χ1) is 16.7. The normalized spacial score (nSPS) is 19.6. The molecule has 2 aliphatic rings. The van der Waals surface area contributed by atoms with Gasteiger partial charge in [0.2, 0.25) is 5.91 Å². The Morgan fingerprint density at radius 3 is 2.63 bits per heavy atom. The zero-order valence-corrected chi connectivity index (χ0v) is 19.2. The lowest BCUT2D eigenvalue weighted by molar-refractivity contribution is -0.122. The standard InChI is InChI=1S/C24H23N7O4/c1-13-18(21(33)31-20(28-13)15(10-25)12-27-31)9-19(32)26-11-14-3-7-17(8-4-14)30-22(34)24(2,16-5-6-16)29-23(30)35/h3-4,7-8,12,16,27H,5-6,9,11H2,1-2H3,(H,26,32)(H,29,35). The maximum Gasteiger partial charge on any atom is 0.329 e. The van der Waals surface area contributed by atoms with Crippen molar-refractivity contribution in [2.45, 2.75) is 45.2 Å². The minimum absolute atomic E-state index is 0.165. The molecule has 0 radical (unpaired) electrons. The number of rotatable bonds is 6. The molecule has 3 heterocycles. The summed E-state index contributed by atoms with van der Waals surface area (Å²) in [5.74, 6) is -0.434. The van der Waals surface area contributed by atoms with Gasteiger partial charge in [-0.15, -0.1) is 0 Å². The van der Waals surface area contributed by atoms with Crippen LogP contribution in [0.4, 0.5) is 10.5 Å². The van der Waals surface area contributed by atoms with E-state index in [4.69, 9.17) is 5.26 Å². The molecule has 1 atom stereocenters. The van der Waals surface area contributed by atoms with Crippen LogP contribution in [-0.2, 0) is 22.6 Å². The predicted molar refractivity (Wildman–Crippen MR) is 124 cm³/mol. The number of fused-ring (bicyclic) bond motifs is 1. The van der Waals surface area contributed by atoms with Crippen LogP contribution in [0.15, 0.2) is 35.3 Å². The molecule has 1 saturated heterocycles. The van der Waals surface area contributed by atoms with Gasteiger partial charge in [0.25, 0.3) is 11.5 Å². The summed E-state index contributed by atoms with van der Waals surface area (Å²) in [5.41, 5.74) is 1.05. The SMILES string of the molecule is Cc1nc2c(C#N)c[nH]n2c(=O)c1CC(=O)NCc1ccc(N2C(=O)NC(C)(C3CC3)C2=O)cc1. The third-order valence-corrected chi connectivity index (χ3v) is 6.72. The summed E-state index contributed by atoms with van der Waals surface area (Å²) < 4.78 is 1.15. The Bertz CT molecular complexity index is 1480. The maximum absolute atomic E-state index is 12.9. The third kappa shape index (κ3) is 3.73. The van der Waals surface area contributed by atoms with Gasteiger partial charge in [0.1, 0.15) is 17.2 Å². The monoisotopic (exact) mass is 473 g/mol. The van der Waals surface area contributed by atoms with E-state index in [2.05, 4.69) is 20.7 Å². The maximum atomic E-state index is 12.9. The number of amides is 4. The van der Waals surface area contributed by atoms with Crippen molar-refractivity contribution in [3.63, 3.8) is 0 Å². The largest absolute Gasteiger partial charge is 0.352 e. The van der Waals surface area contributed by atoms with E-state index in [1.807, 2.05) is 6.07 Å². The predicted octanol–water partition coefficient (Wildman–Crippen LogP) is 1.29. The lowest BCUT2D eigenvalue weighted by Gasteiger charge is -2.21. The highest BCUT2D eigenvalue weighted by atomic mass is 16.2. The molecule has 1 aromatic carbocycles. The van der Waals surface area contributed by atoms with Crippen molar-refractivity contribution in [2.24, 2.45) is 5.92 Å². The highest BCUT2D eigenvalue weighted by Gasteiger charge is 2.56. The van der Waals surface area contributed by atoms with E-state index >= 15 is 0 Å². The molecule has 3 N–H and O–H groups in total. The summed E-state index contributed by atoms with van der Waals surface area (Å²) in [6, 6.07) is 8.35. The van der Waals surface area contributed by atoms with Gasteiger partial charge in [-0.2, -0.15) is 5.26 Å². The summed E-state index contributed by atoms with van der Waals surface area (Å²) >= 11 is 0. The number of carbonyl (C=O) groups excluding carboxylic acids is 3. The minimum atomic E-state index is -0.852. The summed E-state index contributed by atoms with van der Waals surface area (Å²) in [5, 5.41) is 17.4. The van der Waals surface area contributed by atoms with Crippen molar-refractivity contribution in [1.29, 1.82) is 5.26 Å². The third-order valence-electron chi connectivity index (χ3n) is 6.72. The fourth-order valence-corrected chi connectivity index (χ4v) is 4.46. The minimum Gasteiger partial charge on any atom is -0.352 e. The van der Waals surface area contributed by atoms with Crippen LogP contribution in [0.3, 0.4) is 0 Å². The molecule has 1 aliphatic heterocycles. The summed E-state index contributed by atoms with van der Waals surface area (Å²) in [6.07, 6.45) is 3.08. The molecule has 35 heavy (non-hydrogen) atoms. The first-order valence-electron chi connectivity index (χ1n) is 11.2. The van der Waals surface area contributed by atoms with Gasteiger partial charge in [-0.05, 0) is 50.3 Å². The van der Waals surface area contributed by atoms with Crippen LogP contribution in [0.2, 0.25) is 0 Å². The highest BCUT2D eigenvalue weighted by Crippen LogP contribution is 2.43. The van der Waals surface area contributed by atoms with Gasteiger partial charge in [-0.25, -0.2) is 19.2 Å². The topological polar surface area (TPSA) is 152 Å². The number of nitrogens with zero attached hydrogens (tertiary/aromatic N) is 4. The van der Waals surface area contributed by atoms with E-state index < -0.39 is 17.1 Å². The molecule has 1 saturated carbocycles. The lowest BCUT2D eigenvalue weighted by atomic mass is 9.96. The van der Waals surface area contributed by atoms with Crippen LogP contribution < -0.4 is 21.1 Å². The average Bonchev–Trinajstić information content (AvgIpc) is 3.57. The van der Waals surface area contributed by atoms with Crippen LogP contribution in [0.1, 0.15) is 42.1 Å². The number of H-pyrrole nitrogens is 1. The van der Waals surface area contributed by atoms with E-state index in [1.54, 1.807) is 38.1 Å². The molecule has 11 heteroatoms. The number of aryl methyl sites for hydroxylation is 1. The zero-order chi connectivity index (χ0) is 24.9. The highest BCUT2D eigenvalue weighted by molar-refractivity contribution is 6.23. The van der Waals surface area contributed by atoms with Gasteiger partial charge in [0, 0.05) is 24.0 Å². The number of hydrogen-bond donors (Lipinski definition) is 3. The Kier molecular flexibility index (Phi) is 5.16. The van der Waals surface area contributed by atoms with Crippen LogP contribution in [-0.4, -0.2) is 38.0 Å². The molecule has 0 spiro atoms. The number of nitrogens with one attached hydrogen (secondary N) is 3. The van der Waals surface area contributed by atoms with Gasteiger partial charge in [-0.3, -0.25) is 19.5 Å². The molecule has 1 aliphatic carbocycles. The second-order valence-electron chi connectivity index (χ2n) is 9.11. The fraction of sp³-hybridized carbons (Fsp3) is 0.333. The molecule has 3 aromatic rings. The molecule has 4 amide bonds. The molecule has 5 rings (SSSR count). The number of hydrogen-bond acceptors (Lipinski definition) is 6. The number of aromatic amines is 1. The van der Waals surface area contributed by atoms with Crippen LogP contribution in [0.5, 0.6) is 0 Å². The van der Waals surface area contributed by atoms with Gasteiger partial charge in [-0.1, -0.05) is 12.1 Å². The second-order valence-corrected chi connectivity index (χ2v) is 9.11. The molecule has 0 bridgehead atoms. The Morgan fingerprint density at radius 1 is 1.26 bits per heavy atom. The van der Waals surface area contributed by atoms with Crippen LogP contribution in [0.25, 0.3) is 5.65 Å². The molecular weight excluding hydrogens is 450 g/mol. The van der Waals surface area contributed by atoms with Crippen molar-refractivity contribution in [3.05, 3.63) is 63.2 Å². The first-order valence-corrected chi connectivity index (χ1v) is 11.2. The molecule has 1 unspecified atom stereocenters. The Labute approximate surface area is 199 Å². The summed E-state index contributed by atoms with van der Waals surface area (Å²) in [6.45, 7) is 3.60. The molecule has 2 fully saturated rings. The van der Waals surface area contributed by atoms with Crippen molar-refractivity contribution < 1.29 is 14.4 Å². The number of benzene rings is 1. The Morgan fingerprint density at radius 2 is 1.97 bits per heavy atom. The second kappa shape index (κ2) is 8.09. The lowest BCUT2D eigenvalue weighted by Crippen LogP contribution is -2.46. The van der Waals surface area contributed by atoms with E-state index in [0.29, 0.717) is 11.4 Å². The number of aromatic nitrogens is 3. The molecule has 178 valence electrons. The number of anilines is 1. The number of imide groups is 1. The van der Waals surface area contributed by atoms with Gasteiger partial charge in [0.05, 0.1) is 12.1 Å². The van der Waals surface area contributed by atoms with Crippen molar-refractivity contribution >= 4 is 29.2 Å². The average molecular weight is 473 g/mol. The molecule has 2 aromatic heterocycles. The number of nitriles is 1. The quantitative estimate of drug-likeness (QED) is 0.459. The smallest absolute Gasteiger partial charge is 0.329 e. The van der Waals surface area contributed by atoms with Gasteiger partial charge in [0.15, 0.2) is 5.65 Å². The number of urea groups is 1. The van der Waals surface area contributed by atoms with Crippen LogP contribution in [0, 0.1) is 24.2 Å². The van der Waals surface area contributed by atoms with Gasteiger partial charge < -0.3 is 10.6 Å². The fourth-order valence-electron chi connectivity index (χ4n) is 4.46. The van der Waals surface area contributed by atoms with Crippen molar-refractivity contribution in [1.82, 2.24) is 25.2 Å². The van der Waals surface area contributed by atoms with Gasteiger partial charge >= 0.3 is 6.03 Å². The Balaban J connectivity index is 1.24. The molecule has 11 nitrogen and oxygen atoms in total. The molecular formula is C24H23N7O4. The summed E-state index contributed by atoms with van der Waals surface area (Å²) in [7, 11) is 0. The summed E-state index contributed by atoms with van der Waals surface area (Å²) in [4.78, 5) is 56.1. The van der Waals surface area contributed by atoms with E-state index in [1.165, 1.54) is 11.1 Å². The van der Waals surface area contributed by atoms with E-state index in [9.17, 15) is 19.2 Å². The zero-order valence-electron chi connectivity index (χ0n) is 19.2. The van der Waals surface area contributed by atoms with Crippen molar-refractivity contribution in [2.75, 3.05) is 4.90 Å². The first kappa shape index (κ1) is 22.3. The van der Waals surface area contributed by atoms with Crippen molar-refractivity contribution in [3.8, 4) is 6.07 Å². The number of carbonyl (C=O) groups is 3. The van der Waals surface area contributed by atoms with E-state index in [-0.39, 0.29) is 47.5 Å². The van der Waals surface area contributed by atoms with Crippen LogP contribution >= 0.6 is 0 Å².